The van der Waals surface area contributed by atoms with E-state index in [-0.39, 0.29) is 49.2 Å². The fourth-order valence-corrected chi connectivity index (χ4v) is 6.76. The van der Waals surface area contributed by atoms with Crippen LogP contribution in [0.1, 0.15) is 55.1 Å². The lowest BCUT2D eigenvalue weighted by atomic mass is 10.0. The van der Waals surface area contributed by atoms with E-state index in [9.17, 15) is 29.1 Å². The van der Waals surface area contributed by atoms with Crippen molar-refractivity contribution >= 4 is 46.3 Å². The molecule has 17 heteroatoms. The molecule has 1 aromatic heterocycles. The van der Waals surface area contributed by atoms with Gasteiger partial charge >= 0.3 is 18.2 Å². The monoisotopic (exact) mass is 828 g/mol. The summed E-state index contributed by atoms with van der Waals surface area (Å²) in [7, 11) is 0. The average molecular weight is 829 g/mol. The molecule has 2 heterocycles. The number of hydrogen-bond donors (Lipinski definition) is 6. The summed E-state index contributed by atoms with van der Waals surface area (Å²) in [6.45, 7) is 7.57. The Balaban J connectivity index is 1.11. The van der Waals surface area contributed by atoms with Crippen molar-refractivity contribution in [1.29, 1.82) is 0 Å². The van der Waals surface area contributed by atoms with E-state index in [1.54, 1.807) is 46.7 Å². The van der Waals surface area contributed by atoms with E-state index in [1.807, 2.05) is 44.2 Å². The molecule has 0 spiro atoms. The number of nitrogens with one attached hydrogen (secondary N) is 3. The number of ether oxygens (including phenoxy) is 2. The lowest BCUT2D eigenvalue weighted by Gasteiger charge is -2.35. The number of halogens is 1. The van der Waals surface area contributed by atoms with Crippen LogP contribution in [0, 0.1) is 11.7 Å². The van der Waals surface area contributed by atoms with Crippen molar-refractivity contribution in [3.8, 4) is 0 Å². The summed E-state index contributed by atoms with van der Waals surface area (Å²) >= 11 is 0. The summed E-state index contributed by atoms with van der Waals surface area (Å²) in [6.07, 6.45) is 2.61. The van der Waals surface area contributed by atoms with Gasteiger partial charge in [-0.3, -0.25) is 9.59 Å². The van der Waals surface area contributed by atoms with Crippen molar-refractivity contribution in [1.82, 2.24) is 20.1 Å². The van der Waals surface area contributed by atoms with Crippen LogP contribution in [0.3, 0.4) is 0 Å². The minimum Gasteiger partial charge on any atom is -0.477 e. The Kier molecular flexibility index (Phi) is 15.5. The quantitative estimate of drug-likeness (QED) is 0.0852. The van der Waals surface area contributed by atoms with Gasteiger partial charge in [0.1, 0.15) is 30.6 Å². The number of carboxylic acids is 1. The van der Waals surface area contributed by atoms with Crippen molar-refractivity contribution in [3.63, 3.8) is 0 Å². The van der Waals surface area contributed by atoms with Gasteiger partial charge in [0.15, 0.2) is 0 Å². The molecule has 60 heavy (non-hydrogen) atoms. The maximum Gasteiger partial charge on any atom is 0.410 e. The van der Waals surface area contributed by atoms with Gasteiger partial charge in [-0.1, -0.05) is 56.3 Å². The number of aryl methyl sites for hydroxylation is 1. The third kappa shape index (κ3) is 11.5. The molecular formula is C43H53FN8O8. The van der Waals surface area contributed by atoms with E-state index in [0.717, 1.165) is 11.6 Å². The molecule has 0 bridgehead atoms. The summed E-state index contributed by atoms with van der Waals surface area (Å²) in [5, 5.41) is 18.2. The van der Waals surface area contributed by atoms with Crippen molar-refractivity contribution in [3.05, 3.63) is 118 Å². The van der Waals surface area contributed by atoms with Crippen LogP contribution in [0.5, 0.6) is 0 Å². The summed E-state index contributed by atoms with van der Waals surface area (Å²) in [4.78, 5) is 66.5. The Morgan fingerprint density at radius 1 is 0.950 bits per heavy atom. The van der Waals surface area contributed by atoms with Gasteiger partial charge in [-0.15, -0.1) is 0 Å². The van der Waals surface area contributed by atoms with E-state index < -0.39 is 47.0 Å². The smallest absolute Gasteiger partial charge is 0.410 e. The largest absolute Gasteiger partial charge is 0.477 e. The number of hydrogen-bond acceptors (Lipinski definition) is 11. The number of amides is 3. The summed E-state index contributed by atoms with van der Waals surface area (Å²) in [6, 6.07) is 17.5. The summed E-state index contributed by atoms with van der Waals surface area (Å²) in [5.41, 5.74) is 14.0. The fraction of sp³-hybridized carbons (Fsp3) is 0.372. The van der Waals surface area contributed by atoms with Crippen LogP contribution in [-0.4, -0.2) is 83.4 Å². The molecule has 320 valence electrons. The van der Waals surface area contributed by atoms with Crippen LogP contribution >= 0.6 is 0 Å². The van der Waals surface area contributed by atoms with E-state index in [0.29, 0.717) is 61.5 Å². The highest BCUT2D eigenvalue weighted by atomic mass is 19.1. The van der Waals surface area contributed by atoms with Gasteiger partial charge in [-0.25, -0.2) is 18.8 Å². The van der Waals surface area contributed by atoms with Gasteiger partial charge in [-0.05, 0) is 67.6 Å². The molecule has 2 atom stereocenters. The first-order valence-electron chi connectivity index (χ1n) is 19.8. The van der Waals surface area contributed by atoms with E-state index in [4.69, 9.17) is 20.9 Å². The van der Waals surface area contributed by atoms with Crippen LogP contribution in [0.4, 0.5) is 25.4 Å². The number of benzene rings is 3. The first-order valence-corrected chi connectivity index (χ1v) is 19.8. The number of aromatic carboxylic acids is 1. The first-order chi connectivity index (χ1) is 28.8. The Morgan fingerprint density at radius 3 is 2.25 bits per heavy atom. The van der Waals surface area contributed by atoms with Gasteiger partial charge < -0.3 is 56.4 Å². The summed E-state index contributed by atoms with van der Waals surface area (Å²) < 4.78 is 27.8. The Hall–Kier alpha value is -6.62. The minimum atomic E-state index is -1.38. The topological polar surface area (TPSA) is 224 Å². The number of nitrogens with two attached hydrogens (primary N) is 2. The number of nitrogens with zero attached hydrogens (tertiary/aromatic N) is 3. The molecule has 0 aliphatic carbocycles. The lowest BCUT2D eigenvalue weighted by Crippen LogP contribution is -2.49. The number of fused-ring (bicyclic) bond motifs is 1. The highest BCUT2D eigenvalue weighted by Gasteiger charge is 2.26. The summed E-state index contributed by atoms with van der Waals surface area (Å²) in [5.74, 6) is -2.44. The third-order valence-electron chi connectivity index (χ3n) is 10.2. The molecule has 0 saturated carbocycles. The van der Waals surface area contributed by atoms with Crippen LogP contribution in [0.15, 0.2) is 89.6 Å². The number of aromatic nitrogens is 1. The van der Waals surface area contributed by atoms with Crippen molar-refractivity contribution in [2.45, 2.75) is 65.5 Å². The standard InChI is InChI=1S/C43H53FN8O8/c1-4-50-24-32(41(55)56)39(53)31-21-33(44)37(22-36(31)50)51-17-19-52(20-18-51)43(58)60-26-29-12-14-30(15-13-29)48-40(54)35(11-8-16-45)47-23-34(46)38(27(2)3)49-42(57)59-25-28-9-6-5-7-10-28/h5-7,9-10,12-15,21-24,27,35,38,47H,4,8,11,16-20,25-26,45-46H2,1-3H3,(H,48,54)(H,49,57)(H,55,56)/b34-23-/t35-,38?/m0/s1. The molecule has 16 nitrogen and oxygen atoms in total. The predicted octanol–water partition coefficient (Wildman–Crippen LogP) is 4.70. The third-order valence-corrected chi connectivity index (χ3v) is 10.2. The zero-order valence-corrected chi connectivity index (χ0v) is 34.0. The Bertz CT molecular complexity index is 2220. The van der Waals surface area contributed by atoms with Crippen molar-refractivity contribution in [2.75, 3.05) is 42.9 Å². The van der Waals surface area contributed by atoms with Crippen LogP contribution in [0.25, 0.3) is 10.9 Å². The van der Waals surface area contributed by atoms with Crippen LogP contribution in [0.2, 0.25) is 0 Å². The normalized spacial score (nSPS) is 14.1. The lowest BCUT2D eigenvalue weighted by molar-refractivity contribution is -0.118. The molecule has 1 aliphatic heterocycles. The van der Waals surface area contributed by atoms with Crippen molar-refractivity contribution < 1.29 is 38.1 Å². The minimum absolute atomic E-state index is 0.0146. The molecule has 0 radical (unpaired) electrons. The van der Waals surface area contributed by atoms with Crippen LogP contribution in [-0.2, 0) is 34.0 Å². The maximum atomic E-state index is 15.3. The molecule has 3 amide bonds. The molecule has 5 rings (SSSR count). The number of alkyl carbamates (subject to hydrolysis) is 1. The molecular weight excluding hydrogens is 776 g/mol. The molecule has 1 saturated heterocycles. The van der Waals surface area contributed by atoms with E-state index in [1.165, 1.54) is 17.3 Å². The second-order valence-electron chi connectivity index (χ2n) is 14.7. The Morgan fingerprint density at radius 2 is 1.62 bits per heavy atom. The average Bonchev–Trinajstić information content (AvgIpc) is 3.24. The molecule has 3 aromatic carbocycles. The first kappa shape index (κ1) is 44.5. The zero-order chi connectivity index (χ0) is 43.3. The van der Waals surface area contributed by atoms with E-state index in [2.05, 4.69) is 16.0 Å². The van der Waals surface area contributed by atoms with Gasteiger partial charge in [0.25, 0.3) is 0 Å². The van der Waals surface area contributed by atoms with Gasteiger partial charge in [-0.2, -0.15) is 0 Å². The Labute approximate surface area is 347 Å². The number of carboxylic acid groups (broad SMARTS) is 1. The van der Waals surface area contributed by atoms with Gasteiger partial charge in [0, 0.05) is 61.9 Å². The molecule has 4 aromatic rings. The molecule has 8 N–H and O–H groups in total. The molecule has 1 fully saturated rings. The second-order valence-corrected chi connectivity index (χ2v) is 14.7. The fourth-order valence-electron chi connectivity index (χ4n) is 6.76. The van der Waals surface area contributed by atoms with Gasteiger partial charge in [0.05, 0.1) is 17.2 Å². The number of carbonyl (C=O) groups excluding carboxylic acids is 3. The van der Waals surface area contributed by atoms with Crippen LogP contribution < -0.4 is 37.7 Å². The molecule has 1 unspecified atom stereocenters. The number of carbonyl (C=O) groups is 4. The number of piperazine rings is 1. The van der Waals surface area contributed by atoms with Gasteiger partial charge in [0.2, 0.25) is 11.3 Å². The number of rotatable bonds is 17. The predicted molar refractivity (Wildman–Crippen MR) is 226 cm³/mol. The number of anilines is 2. The molecule has 1 aliphatic rings. The highest BCUT2D eigenvalue weighted by Crippen LogP contribution is 2.27. The SMILES string of the molecule is CCn1cc(C(=O)O)c(=O)c2cc(F)c(N3CCN(C(=O)OCc4ccc(NC(=O)[C@H](CCCN)N/C=C(\N)C(NC(=O)OCc5ccccc5)C(C)C)cc4)CC3)cc21. The second kappa shape index (κ2) is 20.9. The number of pyridine rings is 1. The highest BCUT2D eigenvalue weighted by molar-refractivity contribution is 5.95. The maximum absolute atomic E-state index is 15.3. The van der Waals surface area contributed by atoms with Crippen molar-refractivity contribution in [2.24, 2.45) is 17.4 Å². The van der Waals surface area contributed by atoms with E-state index >= 15 is 4.39 Å². The zero-order valence-electron chi connectivity index (χ0n) is 34.0.